The smallest absolute Gasteiger partial charge is 0.408 e. The minimum Gasteiger partial charge on any atom is -0.408 e. The summed E-state index contributed by atoms with van der Waals surface area (Å²) in [5.74, 6) is -0.694. The topological polar surface area (TPSA) is 92.8 Å². The fraction of sp³-hybridized carbons (Fsp3) is 0.273. The van der Waals surface area contributed by atoms with Gasteiger partial charge >= 0.3 is 5.76 Å². The second-order valence-corrected chi connectivity index (χ2v) is 9.47. The van der Waals surface area contributed by atoms with Crippen LogP contribution in [0, 0.1) is 6.92 Å². The van der Waals surface area contributed by atoms with Crippen LogP contribution in [0.5, 0.6) is 0 Å². The van der Waals surface area contributed by atoms with Crippen LogP contribution in [0.4, 0.5) is 0 Å². The van der Waals surface area contributed by atoms with E-state index in [9.17, 15) is 18.0 Å². The number of hydrogen-bond acceptors (Lipinski definition) is 5. The number of carbonyl (C=O) groups excluding carboxylic acids is 1. The summed E-state index contributed by atoms with van der Waals surface area (Å²) in [6.45, 7) is 3.00. The number of amides is 1. The van der Waals surface area contributed by atoms with Gasteiger partial charge in [0.25, 0.3) is 0 Å². The van der Waals surface area contributed by atoms with Gasteiger partial charge in [-0.3, -0.25) is 9.36 Å². The summed E-state index contributed by atoms with van der Waals surface area (Å²) in [7, 11) is -2.20. The lowest BCUT2D eigenvalue weighted by Gasteiger charge is -2.33. The molecule has 0 unspecified atom stereocenters. The molecule has 8 nitrogen and oxygen atoms in total. The Balaban J connectivity index is 1.43. The third-order valence-electron chi connectivity index (χ3n) is 5.45. The molecule has 2 aromatic carbocycles. The van der Waals surface area contributed by atoms with E-state index in [1.165, 1.54) is 27.1 Å². The molecule has 0 spiro atoms. The molecule has 1 fully saturated rings. The molecule has 1 aliphatic rings. The van der Waals surface area contributed by atoms with E-state index in [1.54, 1.807) is 24.1 Å². The Bertz CT molecular complexity index is 1310. The summed E-state index contributed by atoms with van der Waals surface area (Å²) < 4.78 is 33.8. The van der Waals surface area contributed by atoms with Crippen molar-refractivity contribution in [2.45, 2.75) is 11.8 Å². The van der Waals surface area contributed by atoms with Gasteiger partial charge in [-0.2, -0.15) is 4.31 Å². The van der Waals surface area contributed by atoms with Crippen LogP contribution in [0.15, 0.2) is 62.6 Å². The maximum Gasteiger partial charge on any atom is 0.419 e. The maximum atomic E-state index is 13.0. The summed E-state index contributed by atoms with van der Waals surface area (Å²) in [5, 5.41) is 0. The number of benzene rings is 2. The Morgan fingerprint density at radius 1 is 1.03 bits per heavy atom. The maximum absolute atomic E-state index is 13.0. The van der Waals surface area contributed by atoms with Crippen LogP contribution in [0.1, 0.15) is 11.1 Å². The SMILES string of the molecule is Cc1ccc(/C=C/C(=O)N2CCN(S(=O)(=O)c3ccc4c(c3)oc(=O)n4C)CC2)cc1. The van der Waals surface area contributed by atoms with E-state index in [4.69, 9.17) is 4.42 Å². The van der Waals surface area contributed by atoms with Gasteiger partial charge in [-0.15, -0.1) is 0 Å². The highest BCUT2D eigenvalue weighted by atomic mass is 32.2. The number of fused-ring (bicyclic) bond motifs is 1. The van der Waals surface area contributed by atoms with Crippen LogP contribution in [0.25, 0.3) is 17.2 Å². The zero-order valence-electron chi connectivity index (χ0n) is 17.3. The molecule has 31 heavy (non-hydrogen) atoms. The van der Waals surface area contributed by atoms with Gasteiger partial charge in [0, 0.05) is 45.4 Å². The van der Waals surface area contributed by atoms with Gasteiger partial charge in [-0.05, 0) is 30.7 Å². The quantitative estimate of drug-likeness (QED) is 0.578. The number of hydrogen-bond donors (Lipinski definition) is 0. The Labute approximate surface area is 180 Å². The third kappa shape index (κ3) is 4.19. The molecule has 3 aromatic rings. The lowest BCUT2D eigenvalue weighted by Crippen LogP contribution is -2.50. The van der Waals surface area contributed by atoms with Crippen molar-refractivity contribution in [2.75, 3.05) is 26.2 Å². The molecule has 1 aliphatic heterocycles. The molecule has 2 heterocycles. The number of nitrogens with zero attached hydrogens (tertiary/aromatic N) is 3. The lowest BCUT2D eigenvalue weighted by atomic mass is 10.1. The van der Waals surface area contributed by atoms with Gasteiger partial charge in [0.15, 0.2) is 5.58 Å². The first-order valence-corrected chi connectivity index (χ1v) is 11.3. The number of rotatable bonds is 4. The van der Waals surface area contributed by atoms with Crippen LogP contribution < -0.4 is 5.76 Å². The van der Waals surface area contributed by atoms with Gasteiger partial charge in [-0.1, -0.05) is 29.8 Å². The summed E-state index contributed by atoms with van der Waals surface area (Å²) >= 11 is 0. The molecule has 1 aromatic heterocycles. The van der Waals surface area contributed by atoms with Crippen molar-refractivity contribution < 1.29 is 17.6 Å². The highest BCUT2D eigenvalue weighted by molar-refractivity contribution is 7.89. The molecule has 9 heteroatoms. The highest BCUT2D eigenvalue weighted by Gasteiger charge is 2.30. The van der Waals surface area contributed by atoms with Crippen molar-refractivity contribution in [2.24, 2.45) is 7.05 Å². The average molecular weight is 442 g/mol. The van der Waals surface area contributed by atoms with Gasteiger partial charge in [-0.25, -0.2) is 13.2 Å². The second-order valence-electron chi connectivity index (χ2n) is 7.53. The minimum atomic E-state index is -3.76. The van der Waals surface area contributed by atoms with E-state index >= 15 is 0 Å². The molecular formula is C22H23N3O5S. The highest BCUT2D eigenvalue weighted by Crippen LogP contribution is 2.22. The number of aryl methyl sites for hydroxylation is 2. The van der Waals surface area contributed by atoms with Gasteiger partial charge in [0.2, 0.25) is 15.9 Å². The molecule has 4 rings (SSSR count). The van der Waals surface area contributed by atoms with Crippen LogP contribution in [0.2, 0.25) is 0 Å². The fourth-order valence-electron chi connectivity index (χ4n) is 3.52. The summed E-state index contributed by atoms with van der Waals surface area (Å²) in [6, 6.07) is 12.2. The zero-order valence-corrected chi connectivity index (χ0v) is 18.1. The predicted octanol–water partition coefficient (Wildman–Crippen LogP) is 1.99. The first-order valence-electron chi connectivity index (χ1n) is 9.89. The molecule has 162 valence electrons. The van der Waals surface area contributed by atoms with Gasteiger partial charge < -0.3 is 9.32 Å². The monoisotopic (exact) mass is 441 g/mol. The average Bonchev–Trinajstić information content (AvgIpc) is 3.06. The molecule has 0 aliphatic carbocycles. The van der Waals surface area contributed by atoms with Crippen LogP contribution >= 0.6 is 0 Å². The largest absolute Gasteiger partial charge is 0.419 e. The van der Waals surface area contributed by atoms with Crippen molar-refractivity contribution in [3.63, 3.8) is 0 Å². The molecule has 1 amide bonds. The van der Waals surface area contributed by atoms with Crippen molar-refractivity contribution >= 4 is 33.1 Å². The van der Waals surface area contributed by atoms with E-state index in [2.05, 4.69) is 0 Å². The number of oxazole rings is 1. The fourth-order valence-corrected chi connectivity index (χ4v) is 4.96. The molecule has 0 N–H and O–H groups in total. The number of piperazine rings is 1. The van der Waals surface area contributed by atoms with Crippen molar-refractivity contribution in [3.8, 4) is 0 Å². The molecule has 1 saturated heterocycles. The van der Waals surface area contributed by atoms with Crippen molar-refractivity contribution in [1.82, 2.24) is 13.8 Å². The van der Waals surface area contributed by atoms with Gasteiger partial charge in [0.1, 0.15) is 0 Å². The van der Waals surface area contributed by atoms with Crippen molar-refractivity contribution in [3.05, 3.63) is 70.2 Å². The molecule has 0 radical (unpaired) electrons. The number of sulfonamides is 1. The zero-order chi connectivity index (χ0) is 22.2. The second kappa shape index (κ2) is 8.16. The number of carbonyl (C=O) groups is 1. The molecule has 0 bridgehead atoms. The Kier molecular flexibility index (Phi) is 5.55. The predicted molar refractivity (Wildman–Crippen MR) is 117 cm³/mol. The summed E-state index contributed by atoms with van der Waals surface area (Å²) in [5.41, 5.74) is 2.83. The molecular weight excluding hydrogens is 418 g/mol. The van der Waals surface area contributed by atoms with Crippen molar-refractivity contribution in [1.29, 1.82) is 0 Å². The molecule has 0 saturated carbocycles. The Morgan fingerprint density at radius 2 is 1.71 bits per heavy atom. The summed E-state index contributed by atoms with van der Waals surface area (Å²) in [4.78, 5) is 25.8. The number of aromatic nitrogens is 1. The molecule has 0 atom stereocenters. The van der Waals surface area contributed by atoms with E-state index in [-0.39, 0.29) is 29.5 Å². The van der Waals surface area contributed by atoms with Crippen LogP contribution in [0.3, 0.4) is 0 Å². The minimum absolute atomic E-state index is 0.0633. The van der Waals surface area contributed by atoms with E-state index in [1.807, 2.05) is 31.2 Å². The summed E-state index contributed by atoms with van der Waals surface area (Å²) in [6.07, 6.45) is 3.27. The van der Waals surface area contributed by atoms with Crippen LogP contribution in [-0.4, -0.2) is 54.3 Å². The first kappa shape index (κ1) is 21.1. The van der Waals surface area contributed by atoms with Gasteiger partial charge in [0.05, 0.1) is 10.4 Å². The standard InChI is InChI=1S/C22H23N3O5S/c1-16-3-5-17(6-4-16)7-10-21(26)24-11-13-25(14-12-24)31(28,29)18-8-9-19-20(15-18)30-22(27)23(19)2/h3-10,15H,11-14H2,1-2H3/b10-7+. The van der Waals surface area contributed by atoms with Crippen LogP contribution in [-0.2, 0) is 21.9 Å². The lowest BCUT2D eigenvalue weighted by molar-refractivity contribution is -0.127. The Morgan fingerprint density at radius 3 is 2.39 bits per heavy atom. The Hall–Kier alpha value is -3.17. The van der Waals surface area contributed by atoms with E-state index < -0.39 is 15.8 Å². The van der Waals surface area contributed by atoms with E-state index in [0.29, 0.717) is 18.6 Å². The normalized spacial score (nSPS) is 15.7. The first-order chi connectivity index (χ1) is 14.8. The van der Waals surface area contributed by atoms with E-state index in [0.717, 1.165) is 11.1 Å². The third-order valence-corrected chi connectivity index (χ3v) is 7.34.